The molecule has 1 aliphatic rings. The molecule has 4 nitrogen and oxygen atoms in total. The summed E-state index contributed by atoms with van der Waals surface area (Å²) in [6, 6.07) is 4.73. The van der Waals surface area contributed by atoms with Gasteiger partial charge in [0.1, 0.15) is 5.82 Å². The lowest BCUT2D eigenvalue weighted by Gasteiger charge is -2.25. The smallest absolute Gasteiger partial charge is 0.306 e. The molecule has 0 spiro atoms. The Balaban J connectivity index is 1.89. The number of hydrogen-bond donors (Lipinski definition) is 2. The van der Waals surface area contributed by atoms with Crippen LogP contribution in [0.15, 0.2) is 18.2 Å². The van der Waals surface area contributed by atoms with E-state index in [9.17, 15) is 14.0 Å². The Bertz CT molecular complexity index is 544. The Morgan fingerprint density at radius 2 is 2.05 bits per heavy atom. The molecule has 5 heteroatoms. The second-order valence-electron chi connectivity index (χ2n) is 5.70. The van der Waals surface area contributed by atoms with Crippen molar-refractivity contribution < 1.29 is 19.1 Å². The summed E-state index contributed by atoms with van der Waals surface area (Å²) in [4.78, 5) is 23.1. The molecule has 0 aliphatic heterocycles. The van der Waals surface area contributed by atoms with Crippen LogP contribution in [-0.4, -0.2) is 17.0 Å². The topological polar surface area (TPSA) is 66.4 Å². The highest BCUT2D eigenvalue weighted by Crippen LogP contribution is 2.29. The SMILES string of the molecule is Cc1cc(CNC(=O)C2CCCC(C(=O)O)C2)ccc1F. The van der Waals surface area contributed by atoms with E-state index >= 15 is 0 Å². The summed E-state index contributed by atoms with van der Waals surface area (Å²) in [5.41, 5.74) is 1.39. The van der Waals surface area contributed by atoms with Gasteiger partial charge in [0, 0.05) is 12.5 Å². The number of hydrogen-bond acceptors (Lipinski definition) is 2. The second-order valence-corrected chi connectivity index (χ2v) is 5.70. The Morgan fingerprint density at radius 3 is 2.71 bits per heavy atom. The predicted molar refractivity (Wildman–Crippen MR) is 76.1 cm³/mol. The van der Waals surface area contributed by atoms with Gasteiger partial charge in [-0.25, -0.2) is 4.39 Å². The number of halogens is 1. The molecule has 0 bridgehead atoms. The highest BCUT2D eigenvalue weighted by Gasteiger charge is 2.30. The number of aryl methyl sites for hydroxylation is 1. The third kappa shape index (κ3) is 4.03. The minimum absolute atomic E-state index is 0.108. The molecule has 1 aromatic rings. The molecule has 1 fully saturated rings. The Kier molecular flexibility index (Phi) is 4.94. The van der Waals surface area contributed by atoms with E-state index in [2.05, 4.69) is 5.32 Å². The van der Waals surface area contributed by atoms with Crippen molar-refractivity contribution in [2.75, 3.05) is 0 Å². The van der Waals surface area contributed by atoms with Gasteiger partial charge in [-0.05, 0) is 43.4 Å². The molecule has 1 saturated carbocycles. The van der Waals surface area contributed by atoms with Crippen LogP contribution in [0.4, 0.5) is 4.39 Å². The molecule has 1 aliphatic carbocycles. The van der Waals surface area contributed by atoms with Crippen molar-refractivity contribution in [2.24, 2.45) is 11.8 Å². The van der Waals surface area contributed by atoms with Crippen LogP contribution in [0.2, 0.25) is 0 Å². The number of amides is 1. The number of carboxylic acid groups (broad SMARTS) is 1. The molecule has 0 saturated heterocycles. The molecule has 2 atom stereocenters. The number of benzene rings is 1. The minimum Gasteiger partial charge on any atom is -0.481 e. The highest BCUT2D eigenvalue weighted by atomic mass is 19.1. The number of carbonyl (C=O) groups excluding carboxylic acids is 1. The first-order chi connectivity index (χ1) is 9.97. The maximum atomic E-state index is 13.2. The van der Waals surface area contributed by atoms with Gasteiger partial charge < -0.3 is 10.4 Å². The Morgan fingerprint density at radius 1 is 1.33 bits per heavy atom. The summed E-state index contributed by atoms with van der Waals surface area (Å²) < 4.78 is 13.2. The van der Waals surface area contributed by atoms with Gasteiger partial charge in [0.05, 0.1) is 5.92 Å². The lowest BCUT2D eigenvalue weighted by Crippen LogP contribution is -2.35. The van der Waals surface area contributed by atoms with Crippen molar-refractivity contribution in [2.45, 2.75) is 39.2 Å². The Hall–Kier alpha value is -1.91. The quantitative estimate of drug-likeness (QED) is 0.897. The van der Waals surface area contributed by atoms with Crippen LogP contribution >= 0.6 is 0 Å². The third-order valence-corrected chi connectivity index (χ3v) is 4.08. The van der Waals surface area contributed by atoms with Crippen LogP contribution in [0.5, 0.6) is 0 Å². The molecule has 2 unspecified atom stereocenters. The molecular weight excluding hydrogens is 273 g/mol. The van der Waals surface area contributed by atoms with Crippen molar-refractivity contribution in [3.63, 3.8) is 0 Å². The van der Waals surface area contributed by atoms with Crippen LogP contribution in [-0.2, 0) is 16.1 Å². The van der Waals surface area contributed by atoms with Crippen LogP contribution in [0, 0.1) is 24.6 Å². The van der Waals surface area contributed by atoms with E-state index < -0.39 is 11.9 Å². The van der Waals surface area contributed by atoms with E-state index in [1.165, 1.54) is 6.07 Å². The van der Waals surface area contributed by atoms with Crippen LogP contribution in [0.1, 0.15) is 36.8 Å². The van der Waals surface area contributed by atoms with E-state index in [0.29, 0.717) is 24.9 Å². The first-order valence-electron chi connectivity index (χ1n) is 7.23. The summed E-state index contributed by atoms with van der Waals surface area (Å²) in [7, 11) is 0. The zero-order chi connectivity index (χ0) is 15.4. The van der Waals surface area contributed by atoms with Crippen molar-refractivity contribution in [3.8, 4) is 0 Å². The van der Waals surface area contributed by atoms with E-state index in [-0.39, 0.29) is 17.6 Å². The van der Waals surface area contributed by atoms with E-state index in [0.717, 1.165) is 18.4 Å². The molecule has 1 aromatic carbocycles. The normalized spacial score (nSPS) is 21.8. The van der Waals surface area contributed by atoms with Gasteiger partial charge in [-0.3, -0.25) is 9.59 Å². The second kappa shape index (κ2) is 6.70. The fraction of sp³-hybridized carbons (Fsp3) is 0.500. The van der Waals surface area contributed by atoms with Crippen molar-refractivity contribution in [1.82, 2.24) is 5.32 Å². The fourth-order valence-electron chi connectivity index (χ4n) is 2.80. The van der Waals surface area contributed by atoms with Crippen molar-refractivity contribution in [1.29, 1.82) is 0 Å². The van der Waals surface area contributed by atoms with Gasteiger partial charge >= 0.3 is 5.97 Å². The maximum absolute atomic E-state index is 13.2. The van der Waals surface area contributed by atoms with Crippen molar-refractivity contribution >= 4 is 11.9 Å². The monoisotopic (exact) mass is 293 g/mol. The molecular formula is C16H20FNO3. The molecule has 2 rings (SSSR count). The summed E-state index contributed by atoms with van der Waals surface area (Å²) >= 11 is 0. The van der Waals surface area contributed by atoms with Crippen molar-refractivity contribution in [3.05, 3.63) is 35.1 Å². The van der Waals surface area contributed by atoms with Gasteiger partial charge in [0.2, 0.25) is 5.91 Å². The molecule has 21 heavy (non-hydrogen) atoms. The first kappa shape index (κ1) is 15.5. The van der Waals surface area contributed by atoms with Gasteiger partial charge in [0.25, 0.3) is 0 Å². The average Bonchev–Trinajstić information content (AvgIpc) is 2.48. The third-order valence-electron chi connectivity index (χ3n) is 4.08. The van der Waals surface area contributed by atoms with Gasteiger partial charge in [-0.2, -0.15) is 0 Å². The maximum Gasteiger partial charge on any atom is 0.306 e. The molecule has 0 aromatic heterocycles. The molecule has 114 valence electrons. The van der Waals surface area contributed by atoms with E-state index in [4.69, 9.17) is 5.11 Å². The first-order valence-corrected chi connectivity index (χ1v) is 7.23. The predicted octanol–water partition coefficient (Wildman–Crippen LogP) is 2.64. The van der Waals surface area contributed by atoms with E-state index in [1.807, 2.05) is 0 Å². The zero-order valence-electron chi connectivity index (χ0n) is 12.1. The highest BCUT2D eigenvalue weighted by molar-refractivity contribution is 5.80. The number of aliphatic carboxylic acids is 1. The molecule has 1 amide bonds. The summed E-state index contributed by atoms with van der Waals surface area (Å²) in [5, 5.41) is 11.9. The van der Waals surface area contributed by atoms with Gasteiger partial charge in [-0.1, -0.05) is 18.6 Å². The standard InChI is InChI=1S/C16H20FNO3/c1-10-7-11(5-6-14(10)17)9-18-15(19)12-3-2-4-13(8-12)16(20)21/h5-7,12-13H,2-4,8-9H2,1H3,(H,18,19)(H,20,21). The largest absolute Gasteiger partial charge is 0.481 e. The summed E-state index contributed by atoms with van der Waals surface area (Å²) in [6.45, 7) is 2.02. The number of carboxylic acids is 1. The van der Waals surface area contributed by atoms with Crippen LogP contribution in [0.3, 0.4) is 0 Å². The number of carbonyl (C=O) groups is 2. The summed E-state index contributed by atoms with van der Waals surface area (Å²) in [6.07, 6.45) is 2.56. The van der Waals surface area contributed by atoms with Gasteiger partial charge in [0.15, 0.2) is 0 Å². The zero-order valence-corrected chi connectivity index (χ0v) is 12.1. The molecule has 2 N–H and O–H groups in total. The van der Waals surface area contributed by atoms with Gasteiger partial charge in [-0.15, -0.1) is 0 Å². The van der Waals surface area contributed by atoms with Crippen LogP contribution in [0.25, 0.3) is 0 Å². The molecule has 0 heterocycles. The number of rotatable bonds is 4. The average molecular weight is 293 g/mol. The van der Waals surface area contributed by atoms with Crippen LogP contribution < -0.4 is 5.32 Å². The minimum atomic E-state index is -0.818. The fourth-order valence-corrected chi connectivity index (χ4v) is 2.80. The Labute approximate surface area is 123 Å². The lowest BCUT2D eigenvalue weighted by atomic mass is 9.81. The van der Waals surface area contributed by atoms with E-state index in [1.54, 1.807) is 19.1 Å². The molecule has 0 radical (unpaired) electrons. The lowest BCUT2D eigenvalue weighted by molar-refractivity contribution is -0.144. The summed E-state index contributed by atoms with van der Waals surface area (Å²) in [5.74, 6) is -1.84. The number of nitrogens with one attached hydrogen (secondary N) is 1.